The van der Waals surface area contributed by atoms with Crippen molar-refractivity contribution in [2.24, 2.45) is 5.92 Å². The van der Waals surface area contributed by atoms with Gasteiger partial charge in [0.05, 0.1) is 11.3 Å². The summed E-state index contributed by atoms with van der Waals surface area (Å²) in [6.45, 7) is 1.07. The minimum atomic E-state index is -0.0311. The van der Waals surface area contributed by atoms with Crippen LogP contribution < -0.4 is 16.0 Å². The molecule has 0 spiro atoms. The maximum Gasteiger partial charge on any atom is 0.253 e. The fourth-order valence-corrected chi connectivity index (χ4v) is 2.52. The van der Waals surface area contributed by atoms with Crippen molar-refractivity contribution in [3.05, 3.63) is 23.8 Å². The van der Waals surface area contributed by atoms with Gasteiger partial charge >= 0.3 is 0 Å². The van der Waals surface area contributed by atoms with Crippen molar-refractivity contribution in [1.82, 2.24) is 5.32 Å². The Bertz CT molecular complexity index is 492. The molecule has 2 saturated carbocycles. The van der Waals surface area contributed by atoms with Gasteiger partial charge in [-0.1, -0.05) is 0 Å². The van der Waals surface area contributed by atoms with Crippen LogP contribution in [0.4, 0.5) is 11.4 Å². The summed E-state index contributed by atoms with van der Waals surface area (Å²) in [4.78, 5) is 14.4. The molecule has 1 amide bonds. The monoisotopic (exact) mass is 259 g/mol. The first-order valence-corrected chi connectivity index (χ1v) is 7.07. The fourth-order valence-electron chi connectivity index (χ4n) is 2.52. The average molecular weight is 259 g/mol. The molecule has 2 fully saturated rings. The molecule has 4 heteroatoms. The quantitative estimate of drug-likeness (QED) is 0.795. The minimum Gasteiger partial charge on any atom is -0.399 e. The van der Waals surface area contributed by atoms with E-state index in [0.717, 1.165) is 29.4 Å². The second-order valence-corrected chi connectivity index (χ2v) is 5.68. The number of rotatable bonds is 5. The number of hydrogen-bond acceptors (Lipinski definition) is 3. The molecule has 0 unspecified atom stereocenters. The molecule has 2 aliphatic carbocycles. The molecule has 3 N–H and O–H groups in total. The second-order valence-electron chi connectivity index (χ2n) is 5.68. The van der Waals surface area contributed by atoms with Gasteiger partial charge < -0.3 is 16.0 Å². The number of carbonyl (C=O) groups excluding carboxylic acids is 1. The second kappa shape index (κ2) is 4.76. The maximum absolute atomic E-state index is 12.0. The van der Waals surface area contributed by atoms with Crippen molar-refractivity contribution in [2.75, 3.05) is 24.2 Å². The van der Waals surface area contributed by atoms with Crippen LogP contribution in [0.5, 0.6) is 0 Å². The van der Waals surface area contributed by atoms with E-state index < -0.39 is 0 Å². The van der Waals surface area contributed by atoms with Crippen LogP contribution in [-0.2, 0) is 0 Å². The Morgan fingerprint density at radius 1 is 1.37 bits per heavy atom. The largest absolute Gasteiger partial charge is 0.399 e. The Balaban J connectivity index is 1.94. The number of hydrogen-bond donors (Lipinski definition) is 2. The van der Waals surface area contributed by atoms with E-state index in [9.17, 15) is 4.79 Å². The molecule has 3 rings (SSSR count). The summed E-state index contributed by atoms with van der Waals surface area (Å²) >= 11 is 0. The van der Waals surface area contributed by atoms with Gasteiger partial charge in [0.1, 0.15) is 0 Å². The highest BCUT2D eigenvalue weighted by Crippen LogP contribution is 2.39. The van der Waals surface area contributed by atoms with Crippen LogP contribution in [0.3, 0.4) is 0 Å². The lowest BCUT2D eigenvalue weighted by Crippen LogP contribution is -2.31. The zero-order chi connectivity index (χ0) is 13.4. The zero-order valence-corrected chi connectivity index (χ0v) is 11.4. The van der Waals surface area contributed by atoms with E-state index in [1.54, 1.807) is 13.1 Å². The summed E-state index contributed by atoms with van der Waals surface area (Å²) in [6, 6.07) is 6.19. The Morgan fingerprint density at radius 3 is 2.68 bits per heavy atom. The number of nitrogens with two attached hydrogens (primary N) is 1. The summed E-state index contributed by atoms with van der Waals surface area (Å²) in [6.07, 6.45) is 5.10. The highest BCUT2D eigenvalue weighted by molar-refractivity contribution is 6.00. The van der Waals surface area contributed by atoms with Crippen LogP contribution in [0.25, 0.3) is 0 Å². The molecule has 102 valence electrons. The van der Waals surface area contributed by atoms with Crippen molar-refractivity contribution >= 4 is 17.3 Å². The van der Waals surface area contributed by atoms with Crippen LogP contribution >= 0.6 is 0 Å². The van der Waals surface area contributed by atoms with E-state index in [4.69, 9.17) is 5.73 Å². The first-order chi connectivity index (χ1) is 9.19. The summed E-state index contributed by atoms with van der Waals surface area (Å²) in [5.74, 6) is 0.774. The van der Waals surface area contributed by atoms with Crippen LogP contribution in [-0.4, -0.2) is 25.5 Å². The lowest BCUT2D eigenvalue weighted by Gasteiger charge is -2.27. The number of nitrogens with one attached hydrogen (secondary N) is 1. The van der Waals surface area contributed by atoms with Gasteiger partial charge in [-0.05, 0) is 49.8 Å². The molecule has 0 radical (unpaired) electrons. The first kappa shape index (κ1) is 12.3. The molecular weight excluding hydrogens is 238 g/mol. The number of anilines is 2. The van der Waals surface area contributed by atoms with Crippen molar-refractivity contribution < 1.29 is 4.79 Å². The van der Waals surface area contributed by atoms with Crippen molar-refractivity contribution in [2.45, 2.75) is 31.7 Å². The molecule has 0 saturated heterocycles. The van der Waals surface area contributed by atoms with Crippen molar-refractivity contribution in [3.63, 3.8) is 0 Å². The molecule has 1 aromatic rings. The lowest BCUT2D eigenvalue weighted by atomic mass is 10.1. The fraction of sp³-hybridized carbons (Fsp3) is 0.533. The Morgan fingerprint density at radius 2 is 2.11 bits per heavy atom. The highest BCUT2D eigenvalue weighted by Gasteiger charge is 2.35. The smallest absolute Gasteiger partial charge is 0.253 e. The van der Waals surface area contributed by atoms with E-state index in [1.807, 2.05) is 12.1 Å². The van der Waals surface area contributed by atoms with E-state index in [2.05, 4.69) is 10.2 Å². The van der Waals surface area contributed by atoms with Crippen molar-refractivity contribution in [1.29, 1.82) is 0 Å². The summed E-state index contributed by atoms with van der Waals surface area (Å²) in [5.41, 5.74) is 8.39. The van der Waals surface area contributed by atoms with Gasteiger partial charge in [-0.15, -0.1) is 0 Å². The van der Waals surface area contributed by atoms with E-state index in [1.165, 1.54) is 25.7 Å². The summed E-state index contributed by atoms with van der Waals surface area (Å²) in [7, 11) is 1.67. The third-order valence-corrected chi connectivity index (χ3v) is 3.94. The van der Waals surface area contributed by atoms with Gasteiger partial charge in [-0.3, -0.25) is 4.79 Å². The van der Waals surface area contributed by atoms with Gasteiger partial charge in [0.25, 0.3) is 5.91 Å². The lowest BCUT2D eigenvalue weighted by molar-refractivity contribution is 0.0963. The number of benzene rings is 1. The molecule has 4 nitrogen and oxygen atoms in total. The van der Waals surface area contributed by atoms with Gasteiger partial charge in [-0.2, -0.15) is 0 Å². The average Bonchev–Trinajstić information content (AvgIpc) is 3.27. The van der Waals surface area contributed by atoms with Gasteiger partial charge in [-0.25, -0.2) is 0 Å². The van der Waals surface area contributed by atoms with Crippen molar-refractivity contribution in [3.8, 4) is 0 Å². The maximum atomic E-state index is 12.0. The Labute approximate surface area is 114 Å². The van der Waals surface area contributed by atoms with Gasteiger partial charge in [0.15, 0.2) is 0 Å². The van der Waals surface area contributed by atoms with E-state index in [-0.39, 0.29) is 5.91 Å². The molecule has 19 heavy (non-hydrogen) atoms. The molecule has 0 bridgehead atoms. The molecule has 0 heterocycles. The zero-order valence-electron chi connectivity index (χ0n) is 11.4. The van der Waals surface area contributed by atoms with E-state index >= 15 is 0 Å². The van der Waals surface area contributed by atoms with Crippen LogP contribution in [0, 0.1) is 5.92 Å². The first-order valence-electron chi connectivity index (χ1n) is 7.07. The number of carbonyl (C=O) groups is 1. The predicted octanol–water partition coefficient (Wildman–Crippen LogP) is 2.01. The molecular formula is C15H21N3O. The SMILES string of the molecule is CNC(=O)c1ccc(N)cc1N(CC1CC1)C1CC1. The summed E-state index contributed by atoms with van der Waals surface area (Å²) in [5, 5.41) is 2.72. The third kappa shape index (κ3) is 2.67. The molecule has 0 aromatic heterocycles. The van der Waals surface area contributed by atoms with Crippen LogP contribution in [0.15, 0.2) is 18.2 Å². The topological polar surface area (TPSA) is 58.4 Å². The standard InChI is InChI=1S/C15H21N3O/c1-17-15(19)13-7-4-11(16)8-14(13)18(12-5-6-12)9-10-2-3-10/h4,7-8,10,12H,2-3,5-6,9,16H2,1H3,(H,17,19). The third-order valence-electron chi connectivity index (χ3n) is 3.94. The van der Waals surface area contributed by atoms with Gasteiger partial charge in [0.2, 0.25) is 0 Å². The normalized spacial score (nSPS) is 18.2. The summed E-state index contributed by atoms with van der Waals surface area (Å²) < 4.78 is 0. The Kier molecular flexibility index (Phi) is 3.09. The van der Waals surface area contributed by atoms with Gasteiger partial charge in [0, 0.05) is 25.3 Å². The number of amides is 1. The molecule has 0 aliphatic heterocycles. The molecule has 2 aliphatic rings. The number of nitrogen functional groups attached to an aromatic ring is 1. The molecule has 1 aromatic carbocycles. The van der Waals surface area contributed by atoms with E-state index in [0.29, 0.717) is 6.04 Å². The Hall–Kier alpha value is -1.71. The number of nitrogens with zero attached hydrogens (tertiary/aromatic N) is 1. The van der Waals surface area contributed by atoms with Crippen LogP contribution in [0.2, 0.25) is 0 Å². The highest BCUT2D eigenvalue weighted by atomic mass is 16.1. The van der Waals surface area contributed by atoms with Crippen LogP contribution in [0.1, 0.15) is 36.0 Å². The predicted molar refractivity (Wildman–Crippen MR) is 77.3 cm³/mol. The minimum absolute atomic E-state index is 0.0311. The molecule has 0 atom stereocenters.